The quantitative estimate of drug-likeness (QED) is 0.765. The SMILES string of the molecule is Cc1cc(C)c(NC(=O)c2cnn(-c3ccc(F)cc3)c2C)c(C)c1. The number of aryl methyl sites for hydroxylation is 3. The van der Waals surface area contributed by atoms with Gasteiger partial charge in [0.2, 0.25) is 0 Å². The summed E-state index contributed by atoms with van der Waals surface area (Å²) in [5.74, 6) is -0.516. The number of nitrogens with one attached hydrogen (secondary N) is 1. The third-order valence-corrected chi connectivity index (χ3v) is 4.24. The van der Waals surface area contributed by atoms with Crippen LogP contribution in [0.25, 0.3) is 5.69 Å². The number of amides is 1. The minimum atomic E-state index is -0.308. The van der Waals surface area contributed by atoms with Gasteiger partial charge in [0.05, 0.1) is 23.1 Å². The van der Waals surface area contributed by atoms with Crippen molar-refractivity contribution in [3.05, 3.63) is 76.4 Å². The third-order valence-electron chi connectivity index (χ3n) is 4.24. The maximum Gasteiger partial charge on any atom is 0.259 e. The Hall–Kier alpha value is -2.95. The molecule has 0 aliphatic carbocycles. The molecule has 3 aromatic rings. The Morgan fingerprint density at radius 2 is 1.64 bits per heavy atom. The largest absolute Gasteiger partial charge is 0.321 e. The smallest absolute Gasteiger partial charge is 0.259 e. The van der Waals surface area contributed by atoms with E-state index in [0.29, 0.717) is 16.9 Å². The fourth-order valence-corrected chi connectivity index (χ4v) is 3.03. The first kappa shape index (κ1) is 16.9. The molecule has 25 heavy (non-hydrogen) atoms. The number of rotatable bonds is 3. The molecule has 1 heterocycles. The van der Waals surface area contributed by atoms with E-state index in [9.17, 15) is 9.18 Å². The van der Waals surface area contributed by atoms with E-state index >= 15 is 0 Å². The van der Waals surface area contributed by atoms with E-state index in [1.807, 2.05) is 39.8 Å². The molecular weight excluding hydrogens is 317 g/mol. The molecular formula is C20H20FN3O. The van der Waals surface area contributed by atoms with Gasteiger partial charge >= 0.3 is 0 Å². The van der Waals surface area contributed by atoms with Crippen molar-refractivity contribution in [2.75, 3.05) is 5.32 Å². The lowest BCUT2D eigenvalue weighted by molar-refractivity contribution is 0.102. The molecule has 0 aliphatic heterocycles. The van der Waals surface area contributed by atoms with Crippen molar-refractivity contribution in [2.24, 2.45) is 0 Å². The van der Waals surface area contributed by atoms with Crippen LogP contribution in [-0.2, 0) is 0 Å². The van der Waals surface area contributed by atoms with Crippen LogP contribution in [0, 0.1) is 33.5 Å². The van der Waals surface area contributed by atoms with Crippen LogP contribution in [0.4, 0.5) is 10.1 Å². The third kappa shape index (κ3) is 3.31. The average molecular weight is 337 g/mol. The molecule has 1 aromatic heterocycles. The molecule has 5 heteroatoms. The van der Waals surface area contributed by atoms with Crippen LogP contribution < -0.4 is 5.32 Å². The minimum absolute atomic E-state index is 0.207. The van der Waals surface area contributed by atoms with Gasteiger partial charge in [-0.1, -0.05) is 17.7 Å². The average Bonchev–Trinajstić information content (AvgIpc) is 2.93. The Morgan fingerprint density at radius 3 is 2.24 bits per heavy atom. The maximum atomic E-state index is 13.1. The molecule has 0 radical (unpaired) electrons. The van der Waals surface area contributed by atoms with E-state index < -0.39 is 0 Å². The molecule has 1 amide bonds. The van der Waals surface area contributed by atoms with Gasteiger partial charge in [-0.05, 0) is 63.1 Å². The molecule has 2 aromatic carbocycles. The predicted molar refractivity (Wildman–Crippen MR) is 96.9 cm³/mol. The van der Waals surface area contributed by atoms with Gasteiger partial charge in [0.15, 0.2) is 0 Å². The number of hydrogen-bond donors (Lipinski definition) is 1. The van der Waals surface area contributed by atoms with Crippen LogP contribution in [0.2, 0.25) is 0 Å². The Morgan fingerprint density at radius 1 is 1.04 bits per heavy atom. The summed E-state index contributed by atoms with van der Waals surface area (Å²) in [6.07, 6.45) is 1.53. The second kappa shape index (κ2) is 6.51. The first-order valence-corrected chi connectivity index (χ1v) is 8.06. The Kier molecular flexibility index (Phi) is 4.40. The van der Waals surface area contributed by atoms with Gasteiger partial charge in [-0.2, -0.15) is 5.10 Å². The highest BCUT2D eigenvalue weighted by Crippen LogP contribution is 2.23. The first-order valence-electron chi connectivity index (χ1n) is 8.06. The number of carbonyl (C=O) groups excluding carboxylic acids is 1. The molecule has 0 spiro atoms. The van der Waals surface area contributed by atoms with E-state index in [2.05, 4.69) is 10.4 Å². The van der Waals surface area contributed by atoms with E-state index in [1.165, 1.54) is 18.3 Å². The Labute approximate surface area is 146 Å². The minimum Gasteiger partial charge on any atom is -0.321 e. The fourth-order valence-electron chi connectivity index (χ4n) is 3.03. The number of benzene rings is 2. The van der Waals surface area contributed by atoms with Crippen LogP contribution in [0.5, 0.6) is 0 Å². The highest BCUT2D eigenvalue weighted by molar-refractivity contribution is 6.05. The van der Waals surface area contributed by atoms with Crippen molar-refractivity contribution in [1.29, 1.82) is 0 Å². The zero-order valence-electron chi connectivity index (χ0n) is 14.7. The van der Waals surface area contributed by atoms with Crippen molar-refractivity contribution in [2.45, 2.75) is 27.7 Å². The highest BCUT2D eigenvalue weighted by atomic mass is 19.1. The number of carbonyl (C=O) groups is 1. The molecule has 0 unspecified atom stereocenters. The summed E-state index contributed by atoms with van der Waals surface area (Å²) in [5.41, 5.74) is 5.93. The van der Waals surface area contributed by atoms with Crippen LogP contribution in [0.1, 0.15) is 32.7 Å². The Bertz CT molecular complexity index is 919. The van der Waals surface area contributed by atoms with Gasteiger partial charge in [-0.3, -0.25) is 4.79 Å². The van der Waals surface area contributed by atoms with Crippen molar-refractivity contribution in [3.63, 3.8) is 0 Å². The summed E-state index contributed by atoms with van der Waals surface area (Å²) in [6, 6.07) is 10.1. The molecule has 0 saturated carbocycles. The summed E-state index contributed by atoms with van der Waals surface area (Å²) >= 11 is 0. The van der Waals surface area contributed by atoms with E-state index in [0.717, 1.165) is 22.4 Å². The summed E-state index contributed by atoms with van der Waals surface area (Å²) in [4.78, 5) is 12.7. The monoisotopic (exact) mass is 337 g/mol. The molecule has 3 rings (SSSR count). The molecule has 0 bridgehead atoms. The molecule has 0 saturated heterocycles. The molecule has 4 nitrogen and oxygen atoms in total. The Balaban J connectivity index is 1.90. The summed E-state index contributed by atoms with van der Waals surface area (Å²) in [5, 5.41) is 7.26. The fraction of sp³-hybridized carbons (Fsp3) is 0.200. The standard InChI is InChI=1S/C20H20FN3O/c1-12-9-13(2)19(14(3)10-12)23-20(25)18-11-22-24(15(18)4)17-7-5-16(21)6-8-17/h5-11H,1-4H3,(H,23,25). The lowest BCUT2D eigenvalue weighted by Gasteiger charge is -2.13. The van der Waals surface area contributed by atoms with Crippen LogP contribution >= 0.6 is 0 Å². The number of anilines is 1. The van der Waals surface area contributed by atoms with Crippen molar-refractivity contribution < 1.29 is 9.18 Å². The number of nitrogens with zero attached hydrogens (tertiary/aromatic N) is 2. The first-order chi connectivity index (χ1) is 11.9. The maximum absolute atomic E-state index is 13.1. The lowest BCUT2D eigenvalue weighted by atomic mass is 10.0. The lowest BCUT2D eigenvalue weighted by Crippen LogP contribution is -2.15. The topological polar surface area (TPSA) is 46.9 Å². The number of hydrogen-bond acceptors (Lipinski definition) is 2. The van der Waals surface area contributed by atoms with Crippen LogP contribution in [0.15, 0.2) is 42.6 Å². The normalized spacial score (nSPS) is 10.8. The van der Waals surface area contributed by atoms with Gasteiger partial charge < -0.3 is 5.32 Å². The van der Waals surface area contributed by atoms with E-state index in [-0.39, 0.29) is 11.7 Å². The second-order valence-electron chi connectivity index (χ2n) is 6.26. The molecule has 1 N–H and O–H groups in total. The van der Waals surface area contributed by atoms with Crippen LogP contribution in [-0.4, -0.2) is 15.7 Å². The predicted octanol–water partition coefficient (Wildman–Crippen LogP) is 4.50. The van der Waals surface area contributed by atoms with Gasteiger partial charge in [-0.15, -0.1) is 0 Å². The van der Waals surface area contributed by atoms with Crippen LogP contribution in [0.3, 0.4) is 0 Å². The second-order valence-corrected chi connectivity index (χ2v) is 6.26. The molecule has 0 aliphatic rings. The number of halogens is 1. The van der Waals surface area contributed by atoms with Crippen molar-refractivity contribution in [1.82, 2.24) is 9.78 Å². The zero-order valence-corrected chi connectivity index (χ0v) is 14.7. The van der Waals surface area contributed by atoms with Gasteiger partial charge in [0.25, 0.3) is 5.91 Å². The van der Waals surface area contributed by atoms with Gasteiger partial charge in [0, 0.05) is 5.69 Å². The summed E-state index contributed by atoms with van der Waals surface area (Å²) < 4.78 is 14.7. The number of aromatic nitrogens is 2. The van der Waals surface area contributed by atoms with Crippen molar-refractivity contribution >= 4 is 11.6 Å². The zero-order chi connectivity index (χ0) is 18.1. The summed E-state index contributed by atoms with van der Waals surface area (Å²) in [6.45, 7) is 7.80. The van der Waals surface area contributed by atoms with E-state index in [1.54, 1.807) is 16.8 Å². The van der Waals surface area contributed by atoms with E-state index in [4.69, 9.17) is 0 Å². The van der Waals surface area contributed by atoms with Gasteiger partial charge in [0.1, 0.15) is 5.82 Å². The van der Waals surface area contributed by atoms with Crippen molar-refractivity contribution in [3.8, 4) is 5.69 Å². The molecule has 0 atom stereocenters. The van der Waals surface area contributed by atoms with Gasteiger partial charge in [-0.25, -0.2) is 9.07 Å². The summed E-state index contributed by atoms with van der Waals surface area (Å²) in [7, 11) is 0. The molecule has 0 fully saturated rings. The highest BCUT2D eigenvalue weighted by Gasteiger charge is 2.17. The molecule has 128 valence electrons.